The Labute approximate surface area is 229 Å². The van der Waals surface area contributed by atoms with Crippen LogP contribution < -0.4 is 10.6 Å². The van der Waals surface area contributed by atoms with Gasteiger partial charge in [-0.2, -0.15) is 0 Å². The Balaban J connectivity index is 1.22. The molecule has 2 amide bonds. The monoisotopic (exact) mass is 544 g/mol. The first kappa shape index (κ1) is 26.0. The number of thioether (sulfide) groups is 1. The van der Waals surface area contributed by atoms with E-state index in [-0.39, 0.29) is 23.5 Å². The Morgan fingerprint density at radius 2 is 1.74 bits per heavy atom. The van der Waals surface area contributed by atoms with Gasteiger partial charge < -0.3 is 15.4 Å². The highest BCUT2D eigenvalue weighted by molar-refractivity contribution is 8.00. The number of aryl methyl sites for hydroxylation is 1. The second-order valence-electron chi connectivity index (χ2n) is 9.02. The number of benzene rings is 3. The summed E-state index contributed by atoms with van der Waals surface area (Å²) in [5, 5.41) is 8.57. The van der Waals surface area contributed by atoms with Crippen molar-refractivity contribution in [1.82, 2.24) is 0 Å². The molecule has 2 N–H and O–H groups in total. The zero-order chi connectivity index (χ0) is 26.5. The standard InChI is InChI=1S/C30H28N2O4S2/c1-2-36-30(35)27-24-12-5-6-13-25(24)38-29(27)32-26(33)18-37-23-11-7-10-22(17-23)31-28(34)21-15-14-19-8-3-4-9-20(19)16-21/h3-4,7-11,14-17H,2,5-6,12-13,18H2,1H3,(H,31,34)(H,32,33). The first-order valence-electron chi connectivity index (χ1n) is 12.7. The minimum absolute atomic E-state index is 0.174. The van der Waals surface area contributed by atoms with Crippen LogP contribution in [-0.2, 0) is 22.4 Å². The van der Waals surface area contributed by atoms with Crippen LogP contribution in [0, 0.1) is 0 Å². The highest BCUT2D eigenvalue weighted by Gasteiger charge is 2.27. The maximum atomic E-state index is 12.8. The molecule has 0 fully saturated rings. The van der Waals surface area contributed by atoms with Crippen LogP contribution in [0.15, 0.2) is 71.6 Å². The molecule has 3 aromatic carbocycles. The van der Waals surface area contributed by atoms with E-state index in [1.807, 2.05) is 66.7 Å². The molecule has 0 atom stereocenters. The minimum atomic E-state index is -0.371. The van der Waals surface area contributed by atoms with Crippen molar-refractivity contribution in [3.05, 3.63) is 88.3 Å². The molecule has 0 spiro atoms. The van der Waals surface area contributed by atoms with Gasteiger partial charge in [0.05, 0.1) is 17.9 Å². The summed E-state index contributed by atoms with van der Waals surface area (Å²) >= 11 is 2.86. The van der Waals surface area contributed by atoms with Gasteiger partial charge in [-0.05, 0) is 79.3 Å². The molecule has 0 aliphatic heterocycles. The topological polar surface area (TPSA) is 84.5 Å². The Morgan fingerprint density at radius 1 is 0.921 bits per heavy atom. The maximum absolute atomic E-state index is 12.8. The van der Waals surface area contributed by atoms with Gasteiger partial charge >= 0.3 is 5.97 Å². The molecule has 6 nitrogen and oxygen atoms in total. The van der Waals surface area contributed by atoms with Crippen molar-refractivity contribution in [3.8, 4) is 0 Å². The lowest BCUT2D eigenvalue weighted by Gasteiger charge is -2.12. The number of hydrogen-bond donors (Lipinski definition) is 2. The van der Waals surface area contributed by atoms with Crippen molar-refractivity contribution in [2.24, 2.45) is 0 Å². The number of anilines is 2. The molecule has 5 rings (SSSR count). The molecule has 8 heteroatoms. The van der Waals surface area contributed by atoms with Crippen LogP contribution in [-0.4, -0.2) is 30.1 Å². The lowest BCUT2D eigenvalue weighted by atomic mass is 9.95. The van der Waals surface area contributed by atoms with E-state index in [0.717, 1.165) is 51.8 Å². The fourth-order valence-electron chi connectivity index (χ4n) is 4.58. The van der Waals surface area contributed by atoms with E-state index in [4.69, 9.17) is 4.74 Å². The Morgan fingerprint density at radius 3 is 2.58 bits per heavy atom. The van der Waals surface area contributed by atoms with Gasteiger partial charge in [-0.25, -0.2) is 4.79 Å². The smallest absolute Gasteiger partial charge is 0.341 e. The zero-order valence-electron chi connectivity index (χ0n) is 21.0. The van der Waals surface area contributed by atoms with Crippen molar-refractivity contribution in [1.29, 1.82) is 0 Å². The molecule has 0 unspecified atom stereocenters. The maximum Gasteiger partial charge on any atom is 0.341 e. The molecular weight excluding hydrogens is 516 g/mol. The summed E-state index contributed by atoms with van der Waals surface area (Å²) in [6.45, 7) is 2.07. The van der Waals surface area contributed by atoms with Crippen molar-refractivity contribution in [2.45, 2.75) is 37.5 Å². The second kappa shape index (κ2) is 11.8. The van der Waals surface area contributed by atoms with E-state index in [0.29, 0.717) is 28.4 Å². The number of esters is 1. The zero-order valence-corrected chi connectivity index (χ0v) is 22.7. The quantitative estimate of drug-likeness (QED) is 0.185. The minimum Gasteiger partial charge on any atom is -0.462 e. The molecule has 0 saturated heterocycles. The predicted molar refractivity (Wildman–Crippen MR) is 155 cm³/mol. The van der Waals surface area contributed by atoms with Gasteiger partial charge in [0.1, 0.15) is 5.00 Å². The molecule has 194 valence electrons. The first-order chi connectivity index (χ1) is 18.5. The molecule has 38 heavy (non-hydrogen) atoms. The third kappa shape index (κ3) is 5.92. The second-order valence-corrected chi connectivity index (χ2v) is 11.2. The summed E-state index contributed by atoms with van der Waals surface area (Å²) in [6.07, 6.45) is 3.89. The molecule has 1 aliphatic rings. The van der Waals surface area contributed by atoms with Gasteiger partial charge in [0.25, 0.3) is 5.91 Å². The van der Waals surface area contributed by atoms with E-state index >= 15 is 0 Å². The van der Waals surface area contributed by atoms with E-state index in [1.54, 1.807) is 6.92 Å². The van der Waals surface area contributed by atoms with Crippen LogP contribution >= 0.6 is 23.1 Å². The van der Waals surface area contributed by atoms with Crippen molar-refractivity contribution in [3.63, 3.8) is 0 Å². The summed E-state index contributed by atoms with van der Waals surface area (Å²) in [4.78, 5) is 40.3. The molecule has 1 heterocycles. The van der Waals surface area contributed by atoms with Gasteiger partial charge in [0.2, 0.25) is 5.91 Å². The van der Waals surface area contributed by atoms with Gasteiger partial charge in [-0.3, -0.25) is 9.59 Å². The van der Waals surface area contributed by atoms with Crippen LogP contribution in [0.25, 0.3) is 10.8 Å². The molecular formula is C30H28N2O4S2. The summed E-state index contributed by atoms with van der Waals surface area (Å²) in [5.41, 5.74) is 2.78. The van der Waals surface area contributed by atoms with Crippen LogP contribution in [0.5, 0.6) is 0 Å². The normalized spacial score (nSPS) is 12.6. The van der Waals surface area contributed by atoms with Gasteiger partial charge in [0, 0.05) is 21.0 Å². The summed E-state index contributed by atoms with van der Waals surface area (Å²) in [7, 11) is 0. The average molecular weight is 545 g/mol. The van der Waals surface area contributed by atoms with Gasteiger partial charge in [-0.1, -0.05) is 36.4 Å². The Hall–Kier alpha value is -3.62. The average Bonchev–Trinajstić information content (AvgIpc) is 3.29. The van der Waals surface area contributed by atoms with Crippen LogP contribution in [0.3, 0.4) is 0 Å². The SMILES string of the molecule is CCOC(=O)c1c(NC(=O)CSc2cccc(NC(=O)c3ccc4ccccc4c3)c2)sc2c1CCCC2. The molecule has 0 saturated carbocycles. The Kier molecular flexibility index (Phi) is 8.10. The first-order valence-corrected chi connectivity index (χ1v) is 14.5. The third-order valence-electron chi connectivity index (χ3n) is 6.38. The summed E-state index contributed by atoms with van der Waals surface area (Å²) in [5.74, 6) is -0.578. The van der Waals surface area contributed by atoms with Gasteiger partial charge in [-0.15, -0.1) is 23.1 Å². The summed E-state index contributed by atoms with van der Waals surface area (Å²) in [6, 6.07) is 21.0. The number of ether oxygens (including phenoxy) is 1. The third-order valence-corrected chi connectivity index (χ3v) is 8.58. The van der Waals surface area contributed by atoms with Crippen molar-refractivity contribution >= 4 is 62.3 Å². The van der Waals surface area contributed by atoms with Crippen molar-refractivity contribution in [2.75, 3.05) is 23.0 Å². The molecule has 1 aliphatic carbocycles. The molecule has 0 radical (unpaired) electrons. The van der Waals surface area contributed by atoms with E-state index in [2.05, 4.69) is 10.6 Å². The predicted octanol–water partition coefficient (Wildman–Crippen LogP) is 6.94. The lowest BCUT2D eigenvalue weighted by molar-refractivity contribution is -0.113. The fraction of sp³-hybridized carbons (Fsp3) is 0.233. The van der Waals surface area contributed by atoms with Gasteiger partial charge in [0.15, 0.2) is 0 Å². The number of nitrogens with one attached hydrogen (secondary N) is 2. The number of rotatable bonds is 8. The van der Waals surface area contributed by atoms with Crippen molar-refractivity contribution < 1.29 is 19.1 Å². The highest BCUT2D eigenvalue weighted by Crippen LogP contribution is 2.38. The van der Waals surface area contributed by atoms with E-state index < -0.39 is 0 Å². The van der Waals surface area contributed by atoms with E-state index in [9.17, 15) is 14.4 Å². The molecule has 0 bridgehead atoms. The van der Waals surface area contributed by atoms with Crippen LogP contribution in [0.2, 0.25) is 0 Å². The van der Waals surface area contributed by atoms with Crippen LogP contribution in [0.4, 0.5) is 10.7 Å². The number of carbonyl (C=O) groups excluding carboxylic acids is 3. The number of fused-ring (bicyclic) bond motifs is 2. The lowest BCUT2D eigenvalue weighted by Crippen LogP contribution is -2.17. The Bertz CT molecular complexity index is 1510. The number of thiophene rings is 1. The fourth-order valence-corrected chi connectivity index (χ4v) is 6.63. The highest BCUT2D eigenvalue weighted by atomic mass is 32.2. The van der Waals surface area contributed by atoms with Crippen LogP contribution in [0.1, 0.15) is 50.9 Å². The number of hydrogen-bond acceptors (Lipinski definition) is 6. The molecule has 1 aromatic heterocycles. The summed E-state index contributed by atoms with van der Waals surface area (Å²) < 4.78 is 5.28. The number of amides is 2. The molecule has 4 aromatic rings. The largest absolute Gasteiger partial charge is 0.462 e. The van der Waals surface area contributed by atoms with E-state index in [1.165, 1.54) is 23.1 Å². The number of carbonyl (C=O) groups is 3.